The second-order valence-electron chi connectivity index (χ2n) is 7.89. The first kappa shape index (κ1) is 21.2. The van der Waals surface area contributed by atoms with Crippen LogP contribution in [0.3, 0.4) is 0 Å². The molecule has 2 aromatic carbocycles. The number of nitrogens with zero attached hydrogens (tertiary/aromatic N) is 1. The summed E-state index contributed by atoms with van der Waals surface area (Å²) in [6.45, 7) is 2.37. The Labute approximate surface area is 186 Å². The van der Waals surface area contributed by atoms with Crippen molar-refractivity contribution in [3.8, 4) is 0 Å². The molecule has 2 fully saturated rings. The number of amides is 2. The Morgan fingerprint density at radius 2 is 1.77 bits per heavy atom. The van der Waals surface area contributed by atoms with Crippen LogP contribution < -0.4 is 10.2 Å². The maximum Gasteiger partial charge on any atom is 0.253 e. The first-order chi connectivity index (χ1) is 14.5. The molecule has 0 bridgehead atoms. The topological polar surface area (TPSA) is 58.6 Å². The molecule has 2 aromatic rings. The van der Waals surface area contributed by atoms with E-state index >= 15 is 0 Å². The van der Waals surface area contributed by atoms with Crippen LogP contribution in [0.2, 0.25) is 10.0 Å². The van der Waals surface area contributed by atoms with Crippen molar-refractivity contribution in [3.05, 3.63) is 63.6 Å². The number of benzene rings is 2. The zero-order valence-electron chi connectivity index (χ0n) is 16.6. The SMILES string of the molecule is O=C(NCC1(c2ccc(Cl)cc2)CCOCC1)c1ccc(Cl)cc1N1CCCC1=O. The zero-order valence-corrected chi connectivity index (χ0v) is 18.1. The summed E-state index contributed by atoms with van der Waals surface area (Å²) in [4.78, 5) is 27.1. The summed E-state index contributed by atoms with van der Waals surface area (Å²) in [7, 11) is 0. The van der Waals surface area contributed by atoms with E-state index < -0.39 is 0 Å². The summed E-state index contributed by atoms with van der Waals surface area (Å²) < 4.78 is 5.58. The standard InChI is InChI=1S/C23H24Cl2N2O3/c24-17-5-3-16(4-6-17)23(9-12-30-13-10-23)15-26-22(29)19-8-7-18(25)14-20(19)27-11-1-2-21(27)28/h3-8,14H,1-2,9-13,15H2,(H,26,29). The van der Waals surface area contributed by atoms with Crippen molar-refractivity contribution in [3.63, 3.8) is 0 Å². The number of nitrogens with one attached hydrogen (secondary N) is 1. The van der Waals surface area contributed by atoms with Crippen molar-refractivity contribution in [2.75, 3.05) is 31.2 Å². The Balaban J connectivity index is 1.57. The van der Waals surface area contributed by atoms with E-state index in [9.17, 15) is 9.59 Å². The summed E-state index contributed by atoms with van der Waals surface area (Å²) >= 11 is 12.2. The molecule has 1 N–H and O–H groups in total. The van der Waals surface area contributed by atoms with Gasteiger partial charge in [-0.25, -0.2) is 0 Å². The molecular weight excluding hydrogens is 423 g/mol. The van der Waals surface area contributed by atoms with Gasteiger partial charge in [0, 0.05) is 48.2 Å². The molecule has 0 aliphatic carbocycles. The molecule has 0 unspecified atom stereocenters. The lowest BCUT2D eigenvalue weighted by Gasteiger charge is -2.38. The van der Waals surface area contributed by atoms with E-state index in [1.54, 1.807) is 23.1 Å². The molecule has 0 saturated carbocycles. The van der Waals surface area contributed by atoms with Crippen molar-refractivity contribution in [1.82, 2.24) is 5.32 Å². The molecule has 7 heteroatoms. The average Bonchev–Trinajstić information content (AvgIpc) is 3.19. The molecule has 0 spiro atoms. The van der Waals surface area contributed by atoms with Crippen LogP contribution in [0.1, 0.15) is 41.6 Å². The van der Waals surface area contributed by atoms with Gasteiger partial charge in [0.2, 0.25) is 5.91 Å². The Hall–Kier alpha value is -2.08. The fraction of sp³-hybridized carbons (Fsp3) is 0.391. The first-order valence-corrected chi connectivity index (χ1v) is 11.0. The van der Waals surface area contributed by atoms with Gasteiger partial charge in [0.15, 0.2) is 0 Å². The van der Waals surface area contributed by atoms with Crippen molar-refractivity contribution in [2.45, 2.75) is 31.1 Å². The van der Waals surface area contributed by atoms with E-state index in [0.29, 0.717) is 54.0 Å². The van der Waals surface area contributed by atoms with Crippen LogP contribution in [-0.4, -0.2) is 38.1 Å². The number of anilines is 1. The zero-order chi connectivity index (χ0) is 21.1. The highest BCUT2D eigenvalue weighted by molar-refractivity contribution is 6.31. The molecule has 5 nitrogen and oxygen atoms in total. The van der Waals surface area contributed by atoms with Crippen molar-refractivity contribution in [1.29, 1.82) is 0 Å². The number of carbonyl (C=O) groups is 2. The minimum Gasteiger partial charge on any atom is -0.381 e. The average molecular weight is 447 g/mol. The summed E-state index contributed by atoms with van der Waals surface area (Å²) in [6.07, 6.45) is 2.90. The number of ether oxygens (including phenoxy) is 1. The van der Waals surface area contributed by atoms with Gasteiger partial charge in [0.25, 0.3) is 5.91 Å². The Kier molecular flexibility index (Phi) is 6.32. The number of rotatable bonds is 5. The van der Waals surface area contributed by atoms with Crippen LogP contribution in [0, 0.1) is 0 Å². The molecule has 2 aliphatic heterocycles. The lowest BCUT2D eigenvalue weighted by molar-refractivity contribution is -0.117. The highest BCUT2D eigenvalue weighted by Gasteiger charge is 2.35. The van der Waals surface area contributed by atoms with Crippen LogP contribution in [0.4, 0.5) is 5.69 Å². The molecule has 2 saturated heterocycles. The third-order valence-electron chi connectivity index (χ3n) is 6.06. The smallest absolute Gasteiger partial charge is 0.253 e. The van der Waals surface area contributed by atoms with Gasteiger partial charge in [-0.1, -0.05) is 35.3 Å². The van der Waals surface area contributed by atoms with Gasteiger partial charge in [-0.05, 0) is 55.2 Å². The molecule has 4 rings (SSSR count). The van der Waals surface area contributed by atoms with E-state index in [-0.39, 0.29) is 17.2 Å². The van der Waals surface area contributed by atoms with Gasteiger partial charge >= 0.3 is 0 Å². The normalized spacial score (nSPS) is 18.5. The van der Waals surface area contributed by atoms with Gasteiger partial charge in [-0.15, -0.1) is 0 Å². The van der Waals surface area contributed by atoms with E-state index in [1.807, 2.05) is 24.3 Å². The molecule has 0 aromatic heterocycles. The van der Waals surface area contributed by atoms with Gasteiger partial charge in [0.05, 0.1) is 11.3 Å². The molecule has 0 atom stereocenters. The van der Waals surface area contributed by atoms with Crippen LogP contribution in [-0.2, 0) is 14.9 Å². The molecule has 2 aliphatic rings. The molecule has 158 valence electrons. The summed E-state index contributed by atoms with van der Waals surface area (Å²) in [5.74, 6) is -0.186. The van der Waals surface area contributed by atoms with Crippen molar-refractivity contribution in [2.24, 2.45) is 0 Å². The van der Waals surface area contributed by atoms with E-state index in [2.05, 4.69) is 5.32 Å². The Morgan fingerprint density at radius 3 is 2.43 bits per heavy atom. The summed E-state index contributed by atoms with van der Waals surface area (Å²) in [6, 6.07) is 12.9. The number of carbonyl (C=O) groups excluding carboxylic acids is 2. The van der Waals surface area contributed by atoms with E-state index in [4.69, 9.17) is 27.9 Å². The number of hydrogen-bond acceptors (Lipinski definition) is 3. The summed E-state index contributed by atoms with van der Waals surface area (Å²) in [5, 5.41) is 4.30. The maximum absolute atomic E-state index is 13.2. The molecule has 2 heterocycles. The Morgan fingerprint density at radius 1 is 1.07 bits per heavy atom. The first-order valence-electron chi connectivity index (χ1n) is 10.2. The second-order valence-corrected chi connectivity index (χ2v) is 8.77. The third-order valence-corrected chi connectivity index (χ3v) is 6.55. The van der Waals surface area contributed by atoms with Crippen molar-refractivity contribution >= 4 is 40.7 Å². The number of halogens is 2. The van der Waals surface area contributed by atoms with E-state index in [0.717, 1.165) is 24.8 Å². The minimum absolute atomic E-state index is 0.0216. The lowest BCUT2D eigenvalue weighted by atomic mass is 9.74. The van der Waals surface area contributed by atoms with Gasteiger partial charge in [-0.2, -0.15) is 0 Å². The molecular formula is C23H24Cl2N2O3. The quantitative estimate of drug-likeness (QED) is 0.729. The fourth-order valence-electron chi connectivity index (χ4n) is 4.30. The van der Waals surface area contributed by atoms with E-state index in [1.165, 1.54) is 0 Å². The second kappa shape index (κ2) is 8.96. The Bertz CT molecular complexity index is 940. The van der Waals surface area contributed by atoms with Gasteiger partial charge in [0.1, 0.15) is 0 Å². The molecule has 30 heavy (non-hydrogen) atoms. The van der Waals surface area contributed by atoms with Crippen LogP contribution >= 0.6 is 23.2 Å². The van der Waals surface area contributed by atoms with Crippen LogP contribution in [0.15, 0.2) is 42.5 Å². The number of hydrogen-bond donors (Lipinski definition) is 1. The van der Waals surface area contributed by atoms with Crippen LogP contribution in [0.25, 0.3) is 0 Å². The molecule has 2 amide bonds. The fourth-order valence-corrected chi connectivity index (χ4v) is 4.59. The maximum atomic E-state index is 13.2. The van der Waals surface area contributed by atoms with Gasteiger partial charge in [-0.3, -0.25) is 9.59 Å². The van der Waals surface area contributed by atoms with Gasteiger partial charge < -0.3 is 15.0 Å². The largest absolute Gasteiger partial charge is 0.381 e. The van der Waals surface area contributed by atoms with Crippen LogP contribution in [0.5, 0.6) is 0 Å². The van der Waals surface area contributed by atoms with Crippen molar-refractivity contribution < 1.29 is 14.3 Å². The third kappa shape index (κ3) is 4.34. The predicted octanol–water partition coefficient (Wildman–Crippen LogP) is 4.60. The predicted molar refractivity (Wildman–Crippen MR) is 119 cm³/mol. The minimum atomic E-state index is -0.214. The lowest BCUT2D eigenvalue weighted by Crippen LogP contribution is -2.44. The summed E-state index contributed by atoms with van der Waals surface area (Å²) in [5.41, 5.74) is 1.97. The highest BCUT2D eigenvalue weighted by Crippen LogP contribution is 2.35. The monoisotopic (exact) mass is 446 g/mol. The highest BCUT2D eigenvalue weighted by atomic mass is 35.5. The molecule has 0 radical (unpaired) electrons.